The highest BCUT2D eigenvalue weighted by Crippen LogP contribution is 2.38. The zero-order valence-electron chi connectivity index (χ0n) is 5.33. The SMILES string of the molecule is NC(=O)C(F)(F)C(F)(F)C(F)F. The van der Waals surface area contributed by atoms with Gasteiger partial charge in [0.25, 0.3) is 5.91 Å². The van der Waals surface area contributed by atoms with E-state index in [1.807, 2.05) is 0 Å². The van der Waals surface area contributed by atoms with Crippen LogP contribution in [0.15, 0.2) is 0 Å². The van der Waals surface area contributed by atoms with Gasteiger partial charge in [0.1, 0.15) is 0 Å². The van der Waals surface area contributed by atoms with E-state index in [0.29, 0.717) is 0 Å². The molecule has 0 saturated heterocycles. The number of carbonyl (C=O) groups is 1. The van der Waals surface area contributed by atoms with Crippen molar-refractivity contribution in [3.63, 3.8) is 0 Å². The number of alkyl halides is 6. The number of halogens is 6. The maximum Gasteiger partial charge on any atom is 0.391 e. The number of rotatable bonds is 3. The molecule has 0 radical (unpaired) electrons. The van der Waals surface area contributed by atoms with Crippen LogP contribution in [0.2, 0.25) is 0 Å². The predicted molar refractivity (Wildman–Crippen MR) is 25.1 cm³/mol. The summed E-state index contributed by atoms with van der Waals surface area (Å²) in [6, 6.07) is 0. The lowest BCUT2D eigenvalue weighted by atomic mass is 10.2. The molecular weight excluding hydrogens is 192 g/mol. The van der Waals surface area contributed by atoms with E-state index < -0.39 is 24.2 Å². The molecule has 0 aliphatic rings. The summed E-state index contributed by atoms with van der Waals surface area (Å²) in [6.45, 7) is 0. The summed E-state index contributed by atoms with van der Waals surface area (Å²) in [5.74, 6) is -14.0. The number of primary amides is 1. The molecule has 12 heavy (non-hydrogen) atoms. The molecule has 0 aliphatic carbocycles. The Kier molecular flexibility index (Phi) is 2.61. The van der Waals surface area contributed by atoms with Gasteiger partial charge in [0, 0.05) is 0 Å². The molecule has 0 aromatic carbocycles. The van der Waals surface area contributed by atoms with Gasteiger partial charge in [-0.25, -0.2) is 8.78 Å². The van der Waals surface area contributed by atoms with Crippen molar-refractivity contribution >= 4 is 5.91 Å². The van der Waals surface area contributed by atoms with Gasteiger partial charge in [-0.15, -0.1) is 0 Å². The topological polar surface area (TPSA) is 43.1 Å². The average Bonchev–Trinajstić information content (AvgIpc) is 1.86. The smallest absolute Gasteiger partial charge is 0.364 e. The van der Waals surface area contributed by atoms with Gasteiger partial charge in [0.2, 0.25) is 0 Å². The summed E-state index contributed by atoms with van der Waals surface area (Å²) in [7, 11) is 0. The van der Waals surface area contributed by atoms with E-state index in [-0.39, 0.29) is 0 Å². The van der Waals surface area contributed by atoms with E-state index in [0.717, 1.165) is 0 Å². The van der Waals surface area contributed by atoms with Crippen molar-refractivity contribution in [3.05, 3.63) is 0 Å². The molecule has 0 saturated carbocycles. The number of nitrogens with two attached hydrogens (primary N) is 1. The Hall–Kier alpha value is -0.950. The predicted octanol–water partition coefficient (Wildman–Crippen LogP) is 1.01. The highest BCUT2D eigenvalue weighted by Gasteiger charge is 2.66. The molecule has 0 bridgehead atoms. The first-order valence-corrected chi connectivity index (χ1v) is 2.47. The van der Waals surface area contributed by atoms with Crippen molar-refractivity contribution in [1.82, 2.24) is 0 Å². The molecule has 0 rings (SSSR count). The van der Waals surface area contributed by atoms with Crippen LogP contribution in [-0.2, 0) is 4.79 Å². The number of amides is 1. The summed E-state index contributed by atoms with van der Waals surface area (Å²) in [6.07, 6.45) is -4.64. The van der Waals surface area contributed by atoms with Gasteiger partial charge in [-0.3, -0.25) is 4.79 Å². The van der Waals surface area contributed by atoms with Crippen molar-refractivity contribution in [2.24, 2.45) is 5.73 Å². The third-order valence-electron chi connectivity index (χ3n) is 1.00. The molecule has 0 heterocycles. The quantitative estimate of drug-likeness (QED) is 0.671. The molecule has 0 unspecified atom stereocenters. The first-order valence-electron chi connectivity index (χ1n) is 2.47. The minimum absolute atomic E-state index is 2.78. The molecule has 2 nitrogen and oxygen atoms in total. The molecule has 0 aliphatic heterocycles. The molecule has 72 valence electrons. The first-order chi connectivity index (χ1) is 5.14. The molecular formula is C4H3F6NO. The van der Waals surface area contributed by atoms with Gasteiger partial charge in [0.15, 0.2) is 0 Å². The normalized spacial score (nSPS) is 13.6. The van der Waals surface area contributed by atoms with Crippen LogP contribution in [0.25, 0.3) is 0 Å². The first kappa shape index (κ1) is 11.0. The number of carbonyl (C=O) groups excluding carboxylic acids is 1. The maximum atomic E-state index is 11.9. The van der Waals surface area contributed by atoms with Crippen LogP contribution in [-0.4, -0.2) is 24.2 Å². The van der Waals surface area contributed by atoms with Crippen molar-refractivity contribution < 1.29 is 31.1 Å². The van der Waals surface area contributed by atoms with Crippen LogP contribution in [0.1, 0.15) is 0 Å². The van der Waals surface area contributed by atoms with E-state index in [9.17, 15) is 31.1 Å². The zero-order valence-corrected chi connectivity index (χ0v) is 5.33. The second-order valence-corrected chi connectivity index (χ2v) is 1.86. The average molecular weight is 195 g/mol. The Morgan fingerprint density at radius 2 is 1.50 bits per heavy atom. The van der Waals surface area contributed by atoms with Crippen LogP contribution < -0.4 is 5.73 Å². The van der Waals surface area contributed by atoms with E-state index in [2.05, 4.69) is 5.73 Å². The van der Waals surface area contributed by atoms with Crippen molar-refractivity contribution in [1.29, 1.82) is 0 Å². The van der Waals surface area contributed by atoms with Crippen LogP contribution in [0.5, 0.6) is 0 Å². The molecule has 1 amide bonds. The third-order valence-corrected chi connectivity index (χ3v) is 1.00. The zero-order chi connectivity index (χ0) is 10.2. The number of hydrogen-bond donors (Lipinski definition) is 1. The monoisotopic (exact) mass is 195 g/mol. The molecule has 2 N–H and O–H groups in total. The fraction of sp³-hybridized carbons (Fsp3) is 0.750. The highest BCUT2D eigenvalue weighted by atomic mass is 19.3. The lowest BCUT2D eigenvalue weighted by Gasteiger charge is -2.22. The molecule has 0 atom stereocenters. The largest absolute Gasteiger partial charge is 0.391 e. The van der Waals surface area contributed by atoms with Gasteiger partial charge in [-0.05, 0) is 0 Å². The van der Waals surface area contributed by atoms with E-state index in [1.165, 1.54) is 0 Å². The molecule has 8 heteroatoms. The summed E-state index contributed by atoms with van der Waals surface area (Å²) in [5.41, 5.74) is 3.79. The van der Waals surface area contributed by atoms with Gasteiger partial charge >= 0.3 is 18.3 Å². The molecule has 0 spiro atoms. The summed E-state index contributed by atoms with van der Waals surface area (Å²) >= 11 is 0. The summed E-state index contributed by atoms with van der Waals surface area (Å²) in [4.78, 5) is 9.63. The Labute approximate surface area is 62.3 Å². The highest BCUT2D eigenvalue weighted by molar-refractivity contribution is 5.82. The minimum Gasteiger partial charge on any atom is -0.364 e. The Bertz CT molecular complexity index is 190. The standard InChI is InChI=1S/C4H3F6NO/c5-1(6)3(7,8)4(9,10)2(11)12/h1H,(H2,11,12). The van der Waals surface area contributed by atoms with E-state index in [1.54, 1.807) is 0 Å². The van der Waals surface area contributed by atoms with Gasteiger partial charge in [-0.1, -0.05) is 0 Å². The number of hydrogen-bond acceptors (Lipinski definition) is 1. The lowest BCUT2D eigenvalue weighted by Crippen LogP contribution is -2.54. The van der Waals surface area contributed by atoms with E-state index >= 15 is 0 Å². The second-order valence-electron chi connectivity index (χ2n) is 1.86. The molecule has 0 fully saturated rings. The Morgan fingerprint density at radius 3 is 1.58 bits per heavy atom. The Morgan fingerprint density at radius 1 is 1.17 bits per heavy atom. The fourth-order valence-corrected chi connectivity index (χ4v) is 0.301. The molecule has 0 aromatic rings. The fourth-order valence-electron chi connectivity index (χ4n) is 0.301. The summed E-state index contributed by atoms with van der Waals surface area (Å²) < 4.78 is 69.8. The summed E-state index contributed by atoms with van der Waals surface area (Å²) in [5, 5.41) is 0. The second kappa shape index (κ2) is 2.83. The molecule has 0 aromatic heterocycles. The van der Waals surface area contributed by atoms with Crippen LogP contribution >= 0.6 is 0 Å². The van der Waals surface area contributed by atoms with Crippen LogP contribution in [0.3, 0.4) is 0 Å². The Balaban J connectivity index is 4.88. The van der Waals surface area contributed by atoms with Crippen molar-refractivity contribution in [2.45, 2.75) is 18.3 Å². The minimum atomic E-state index is -5.72. The third kappa shape index (κ3) is 1.46. The van der Waals surface area contributed by atoms with Crippen molar-refractivity contribution in [3.8, 4) is 0 Å². The lowest BCUT2D eigenvalue weighted by molar-refractivity contribution is -0.252. The van der Waals surface area contributed by atoms with Crippen LogP contribution in [0.4, 0.5) is 26.3 Å². The van der Waals surface area contributed by atoms with Gasteiger partial charge in [0.05, 0.1) is 0 Å². The van der Waals surface area contributed by atoms with Gasteiger partial charge < -0.3 is 5.73 Å². The van der Waals surface area contributed by atoms with Crippen LogP contribution in [0, 0.1) is 0 Å². The van der Waals surface area contributed by atoms with Gasteiger partial charge in [-0.2, -0.15) is 17.6 Å². The maximum absolute atomic E-state index is 11.9. The van der Waals surface area contributed by atoms with E-state index in [4.69, 9.17) is 0 Å². The van der Waals surface area contributed by atoms with Crippen molar-refractivity contribution in [2.75, 3.05) is 0 Å².